The van der Waals surface area contributed by atoms with Crippen LogP contribution in [0.2, 0.25) is 0 Å². The van der Waals surface area contributed by atoms with Gasteiger partial charge in [0.15, 0.2) is 0 Å². The van der Waals surface area contributed by atoms with E-state index in [2.05, 4.69) is 46.1 Å². The van der Waals surface area contributed by atoms with Crippen LogP contribution in [-0.2, 0) is 6.54 Å². The van der Waals surface area contributed by atoms with Crippen LogP contribution in [0.15, 0.2) is 36.5 Å². The molecule has 0 saturated heterocycles. The third kappa shape index (κ3) is 3.22. The second kappa shape index (κ2) is 5.69. The summed E-state index contributed by atoms with van der Waals surface area (Å²) >= 11 is 0. The molecule has 0 fully saturated rings. The fourth-order valence-corrected chi connectivity index (χ4v) is 1.89. The summed E-state index contributed by atoms with van der Waals surface area (Å²) in [4.78, 5) is 12.8. The Morgan fingerprint density at radius 2 is 1.79 bits per heavy atom. The van der Waals surface area contributed by atoms with Crippen LogP contribution in [0.25, 0.3) is 0 Å². The lowest BCUT2D eigenvalue weighted by molar-refractivity contribution is 0.875. The molecule has 0 atom stereocenters. The van der Waals surface area contributed by atoms with E-state index in [-0.39, 0.29) is 0 Å². The predicted molar refractivity (Wildman–Crippen MR) is 79.6 cm³/mol. The fourth-order valence-electron chi connectivity index (χ4n) is 1.89. The molecule has 0 radical (unpaired) electrons. The molecule has 0 spiro atoms. The Morgan fingerprint density at radius 3 is 2.47 bits per heavy atom. The molecule has 0 aliphatic heterocycles. The molecule has 2 aromatic rings. The van der Waals surface area contributed by atoms with Crippen LogP contribution in [0.3, 0.4) is 0 Å². The zero-order valence-corrected chi connectivity index (χ0v) is 12.0. The highest BCUT2D eigenvalue weighted by molar-refractivity contribution is 5.43. The maximum absolute atomic E-state index is 4.54. The van der Waals surface area contributed by atoms with Crippen molar-refractivity contribution in [2.45, 2.75) is 13.5 Å². The smallest absolute Gasteiger partial charge is 0.226 e. The van der Waals surface area contributed by atoms with E-state index >= 15 is 0 Å². The van der Waals surface area contributed by atoms with Crippen molar-refractivity contribution in [3.8, 4) is 0 Å². The van der Waals surface area contributed by atoms with Crippen molar-refractivity contribution < 1.29 is 0 Å². The second-order valence-electron chi connectivity index (χ2n) is 4.89. The summed E-state index contributed by atoms with van der Waals surface area (Å²) in [5, 5.41) is 0. The molecular formula is C15H20N4. The van der Waals surface area contributed by atoms with Crippen LogP contribution in [-0.4, -0.2) is 31.1 Å². The maximum atomic E-state index is 4.54. The fraction of sp³-hybridized carbons (Fsp3) is 0.333. The number of aryl methyl sites for hydroxylation is 1. The lowest BCUT2D eigenvalue weighted by Gasteiger charge is -2.20. The topological polar surface area (TPSA) is 32.3 Å². The molecule has 0 amide bonds. The minimum atomic E-state index is 0.731. The van der Waals surface area contributed by atoms with Gasteiger partial charge in [0, 0.05) is 33.9 Å². The van der Waals surface area contributed by atoms with Gasteiger partial charge in [-0.25, -0.2) is 4.98 Å². The summed E-state index contributed by atoms with van der Waals surface area (Å²) < 4.78 is 0. The van der Waals surface area contributed by atoms with E-state index in [9.17, 15) is 0 Å². The van der Waals surface area contributed by atoms with Crippen molar-refractivity contribution in [1.82, 2.24) is 9.97 Å². The van der Waals surface area contributed by atoms with Crippen molar-refractivity contribution >= 4 is 11.8 Å². The van der Waals surface area contributed by atoms with Gasteiger partial charge in [-0.3, -0.25) is 0 Å². The van der Waals surface area contributed by atoms with Gasteiger partial charge in [0.25, 0.3) is 0 Å². The number of hydrogen-bond acceptors (Lipinski definition) is 4. The van der Waals surface area contributed by atoms with Gasteiger partial charge in [-0.1, -0.05) is 24.3 Å². The average Bonchev–Trinajstić information content (AvgIpc) is 2.41. The molecule has 1 aromatic carbocycles. The van der Waals surface area contributed by atoms with E-state index in [1.54, 1.807) is 6.20 Å². The Hall–Kier alpha value is -2.10. The van der Waals surface area contributed by atoms with E-state index in [1.807, 2.05) is 32.1 Å². The summed E-state index contributed by atoms with van der Waals surface area (Å²) in [6, 6.07) is 10.4. The minimum Gasteiger partial charge on any atom is -0.355 e. The Bertz CT molecular complexity index is 551. The number of nitrogens with zero attached hydrogens (tertiary/aromatic N) is 4. The molecule has 0 aliphatic carbocycles. The first-order valence-corrected chi connectivity index (χ1v) is 6.34. The first kappa shape index (κ1) is 13.3. The summed E-state index contributed by atoms with van der Waals surface area (Å²) in [6.45, 7) is 2.98. The number of benzene rings is 1. The summed E-state index contributed by atoms with van der Waals surface area (Å²) in [6.07, 6.45) is 1.80. The van der Waals surface area contributed by atoms with E-state index in [4.69, 9.17) is 0 Å². The molecule has 0 unspecified atom stereocenters. The van der Waals surface area contributed by atoms with Crippen LogP contribution in [0, 0.1) is 6.92 Å². The van der Waals surface area contributed by atoms with Gasteiger partial charge in [-0.05, 0) is 24.1 Å². The molecule has 4 nitrogen and oxygen atoms in total. The molecule has 4 heteroatoms. The van der Waals surface area contributed by atoms with Gasteiger partial charge in [0.1, 0.15) is 5.82 Å². The van der Waals surface area contributed by atoms with Gasteiger partial charge < -0.3 is 9.80 Å². The third-order valence-corrected chi connectivity index (χ3v) is 3.09. The number of anilines is 2. The highest BCUT2D eigenvalue weighted by atomic mass is 15.3. The van der Waals surface area contributed by atoms with Crippen molar-refractivity contribution in [2.75, 3.05) is 30.9 Å². The maximum Gasteiger partial charge on any atom is 0.226 e. The van der Waals surface area contributed by atoms with E-state index in [0.29, 0.717) is 0 Å². The zero-order chi connectivity index (χ0) is 13.8. The lowest BCUT2D eigenvalue weighted by atomic mass is 10.1. The number of hydrogen-bond donors (Lipinski definition) is 0. The van der Waals surface area contributed by atoms with Crippen LogP contribution >= 0.6 is 0 Å². The molecule has 0 aliphatic rings. The zero-order valence-electron chi connectivity index (χ0n) is 12.0. The quantitative estimate of drug-likeness (QED) is 0.841. The Morgan fingerprint density at radius 1 is 1.05 bits per heavy atom. The highest BCUT2D eigenvalue weighted by Crippen LogP contribution is 2.16. The molecule has 100 valence electrons. The molecule has 2 rings (SSSR count). The highest BCUT2D eigenvalue weighted by Gasteiger charge is 2.07. The number of rotatable bonds is 4. The van der Waals surface area contributed by atoms with E-state index < -0.39 is 0 Å². The minimum absolute atomic E-state index is 0.731. The monoisotopic (exact) mass is 256 g/mol. The molecule has 0 saturated carbocycles. The summed E-state index contributed by atoms with van der Waals surface area (Å²) in [7, 11) is 5.94. The first-order valence-electron chi connectivity index (χ1n) is 6.34. The Kier molecular flexibility index (Phi) is 4.00. The first-order chi connectivity index (χ1) is 9.08. The standard InChI is InChI=1S/C15H20N4/c1-12-7-5-6-8-13(12)11-19(4)14-9-10-16-15(17-14)18(2)3/h5-10H,11H2,1-4H3. The van der Waals surface area contributed by atoms with Crippen LogP contribution < -0.4 is 9.80 Å². The molecule has 1 aromatic heterocycles. The van der Waals surface area contributed by atoms with Crippen molar-refractivity contribution in [1.29, 1.82) is 0 Å². The molecule has 0 N–H and O–H groups in total. The summed E-state index contributed by atoms with van der Waals surface area (Å²) in [5.74, 6) is 1.66. The average molecular weight is 256 g/mol. The molecule has 19 heavy (non-hydrogen) atoms. The van der Waals surface area contributed by atoms with Crippen LogP contribution in [0.4, 0.5) is 11.8 Å². The normalized spacial score (nSPS) is 10.3. The molecular weight excluding hydrogens is 236 g/mol. The van der Waals surface area contributed by atoms with Crippen molar-refractivity contribution in [3.63, 3.8) is 0 Å². The van der Waals surface area contributed by atoms with Gasteiger partial charge in [0.2, 0.25) is 5.95 Å². The number of aromatic nitrogens is 2. The largest absolute Gasteiger partial charge is 0.355 e. The second-order valence-corrected chi connectivity index (χ2v) is 4.89. The van der Waals surface area contributed by atoms with Gasteiger partial charge in [-0.2, -0.15) is 4.98 Å². The van der Waals surface area contributed by atoms with E-state index in [0.717, 1.165) is 18.3 Å². The van der Waals surface area contributed by atoms with E-state index in [1.165, 1.54) is 11.1 Å². The SMILES string of the molecule is Cc1ccccc1CN(C)c1ccnc(N(C)C)n1. The summed E-state index contributed by atoms with van der Waals surface area (Å²) in [5.41, 5.74) is 2.62. The molecule has 0 bridgehead atoms. The Labute approximate surface area is 114 Å². The van der Waals surface area contributed by atoms with Crippen molar-refractivity contribution in [2.24, 2.45) is 0 Å². The van der Waals surface area contributed by atoms with Gasteiger partial charge in [-0.15, -0.1) is 0 Å². The molecule has 1 heterocycles. The van der Waals surface area contributed by atoms with Crippen molar-refractivity contribution in [3.05, 3.63) is 47.7 Å². The predicted octanol–water partition coefficient (Wildman–Crippen LogP) is 2.49. The van der Waals surface area contributed by atoms with Gasteiger partial charge >= 0.3 is 0 Å². The van der Waals surface area contributed by atoms with Gasteiger partial charge in [0.05, 0.1) is 0 Å². The Balaban J connectivity index is 2.18. The lowest BCUT2D eigenvalue weighted by Crippen LogP contribution is -2.20. The van der Waals surface area contributed by atoms with Crippen LogP contribution in [0.1, 0.15) is 11.1 Å². The third-order valence-electron chi connectivity index (χ3n) is 3.09. The van der Waals surface area contributed by atoms with Crippen LogP contribution in [0.5, 0.6) is 0 Å².